The summed E-state index contributed by atoms with van der Waals surface area (Å²) in [6.07, 6.45) is 4.79. The third-order valence-electron chi connectivity index (χ3n) is 3.17. The molecule has 0 atom stereocenters. The van der Waals surface area contributed by atoms with Crippen LogP contribution in [0.4, 0.5) is 0 Å². The Morgan fingerprint density at radius 3 is 2.90 bits per heavy atom. The van der Waals surface area contributed by atoms with Crippen LogP contribution in [0, 0.1) is 0 Å². The lowest BCUT2D eigenvalue weighted by molar-refractivity contribution is 0.0696. The molecule has 0 saturated carbocycles. The van der Waals surface area contributed by atoms with Crippen molar-refractivity contribution in [3.05, 3.63) is 48.4 Å². The first-order valence-electron chi connectivity index (χ1n) is 6.50. The number of hydrogen-bond acceptors (Lipinski definition) is 4. The SMILES string of the molecule is CCn1ccnc1Oc1cnc2ccccc2c1C(=O)O. The summed E-state index contributed by atoms with van der Waals surface area (Å²) in [6.45, 7) is 2.63. The first-order valence-corrected chi connectivity index (χ1v) is 6.50. The van der Waals surface area contributed by atoms with Crippen LogP contribution >= 0.6 is 0 Å². The molecule has 0 aliphatic rings. The number of carboxylic acid groups (broad SMARTS) is 1. The first-order chi connectivity index (χ1) is 10.2. The highest BCUT2D eigenvalue weighted by Gasteiger charge is 2.18. The van der Waals surface area contributed by atoms with E-state index < -0.39 is 5.97 Å². The maximum Gasteiger partial charge on any atom is 0.340 e. The fourth-order valence-electron chi connectivity index (χ4n) is 2.16. The van der Waals surface area contributed by atoms with Gasteiger partial charge in [-0.1, -0.05) is 18.2 Å². The number of rotatable bonds is 4. The molecule has 106 valence electrons. The van der Waals surface area contributed by atoms with Gasteiger partial charge >= 0.3 is 12.0 Å². The zero-order chi connectivity index (χ0) is 14.8. The van der Waals surface area contributed by atoms with Crippen molar-refractivity contribution in [1.29, 1.82) is 0 Å². The number of fused-ring (bicyclic) bond motifs is 1. The quantitative estimate of drug-likeness (QED) is 0.796. The van der Waals surface area contributed by atoms with Crippen LogP contribution in [0.25, 0.3) is 10.9 Å². The molecule has 0 bridgehead atoms. The van der Waals surface area contributed by atoms with Crippen molar-refractivity contribution in [2.24, 2.45) is 0 Å². The molecular formula is C15H13N3O3. The van der Waals surface area contributed by atoms with E-state index in [2.05, 4.69) is 9.97 Å². The number of pyridine rings is 1. The van der Waals surface area contributed by atoms with E-state index in [9.17, 15) is 9.90 Å². The van der Waals surface area contributed by atoms with Crippen LogP contribution in [0.1, 0.15) is 17.3 Å². The average Bonchev–Trinajstić information content (AvgIpc) is 2.93. The van der Waals surface area contributed by atoms with Gasteiger partial charge < -0.3 is 14.4 Å². The standard InChI is InChI=1S/C15H13N3O3/c1-2-18-8-7-16-15(18)21-12-9-17-11-6-4-3-5-10(11)13(12)14(19)20/h3-9H,2H2,1H3,(H,19,20). The molecule has 0 aliphatic heterocycles. The number of para-hydroxylation sites is 1. The maximum absolute atomic E-state index is 11.6. The molecule has 0 unspecified atom stereocenters. The highest BCUT2D eigenvalue weighted by atomic mass is 16.5. The van der Waals surface area contributed by atoms with Crippen LogP contribution in [0.5, 0.6) is 11.8 Å². The second kappa shape index (κ2) is 5.24. The van der Waals surface area contributed by atoms with Gasteiger partial charge in [-0.2, -0.15) is 0 Å². The highest BCUT2D eigenvalue weighted by Crippen LogP contribution is 2.29. The van der Waals surface area contributed by atoms with E-state index in [0.717, 1.165) is 0 Å². The van der Waals surface area contributed by atoms with Gasteiger partial charge in [-0.05, 0) is 13.0 Å². The number of carboxylic acids is 1. The summed E-state index contributed by atoms with van der Waals surface area (Å²) in [7, 11) is 0. The summed E-state index contributed by atoms with van der Waals surface area (Å²) >= 11 is 0. The summed E-state index contributed by atoms with van der Waals surface area (Å²) in [6, 6.07) is 7.40. The Kier molecular flexibility index (Phi) is 3.27. The summed E-state index contributed by atoms with van der Waals surface area (Å²) < 4.78 is 7.43. The summed E-state index contributed by atoms with van der Waals surface area (Å²) in [5.41, 5.74) is 0.701. The van der Waals surface area contributed by atoms with E-state index in [1.54, 1.807) is 35.2 Å². The van der Waals surface area contributed by atoms with Gasteiger partial charge in [0.25, 0.3) is 0 Å². The number of imidazole rings is 1. The Morgan fingerprint density at radius 2 is 2.14 bits per heavy atom. The number of aromatic carboxylic acids is 1. The summed E-state index contributed by atoms with van der Waals surface area (Å²) in [5, 5.41) is 10.0. The van der Waals surface area contributed by atoms with Gasteiger partial charge in [0.2, 0.25) is 0 Å². The minimum Gasteiger partial charge on any atom is -0.478 e. The smallest absolute Gasteiger partial charge is 0.340 e. The first kappa shape index (κ1) is 13.1. The van der Waals surface area contributed by atoms with Gasteiger partial charge in [0.1, 0.15) is 5.56 Å². The second-order valence-corrected chi connectivity index (χ2v) is 4.42. The van der Waals surface area contributed by atoms with Gasteiger partial charge in [-0.3, -0.25) is 4.98 Å². The van der Waals surface area contributed by atoms with E-state index in [-0.39, 0.29) is 11.3 Å². The number of carbonyl (C=O) groups is 1. The molecule has 21 heavy (non-hydrogen) atoms. The molecule has 0 amide bonds. The Labute approximate surface area is 120 Å². The van der Waals surface area contributed by atoms with Gasteiger partial charge in [-0.15, -0.1) is 0 Å². The van der Waals surface area contributed by atoms with Crippen LogP contribution in [-0.2, 0) is 6.54 Å². The molecule has 2 aromatic heterocycles. The predicted molar refractivity (Wildman–Crippen MR) is 76.7 cm³/mol. The zero-order valence-electron chi connectivity index (χ0n) is 11.4. The molecule has 0 radical (unpaired) electrons. The predicted octanol–water partition coefficient (Wildman–Crippen LogP) is 2.94. The molecule has 0 spiro atoms. The molecule has 0 saturated heterocycles. The summed E-state index contributed by atoms with van der Waals surface area (Å²) in [4.78, 5) is 19.9. The van der Waals surface area contributed by atoms with E-state index >= 15 is 0 Å². The van der Waals surface area contributed by atoms with E-state index in [4.69, 9.17) is 4.74 Å². The number of hydrogen-bond donors (Lipinski definition) is 1. The van der Waals surface area contributed by atoms with Crippen molar-refractivity contribution in [3.8, 4) is 11.8 Å². The van der Waals surface area contributed by atoms with Crippen LogP contribution < -0.4 is 4.74 Å². The zero-order valence-corrected chi connectivity index (χ0v) is 11.4. The van der Waals surface area contributed by atoms with Crippen molar-refractivity contribution >= 4 is 16.9 Å². The van der Waals surface area contributed by atoms with E-state index in [1.807, 2.05) is 13.0 Å². The van der Waals surface area contributed by atoms with Crippen molar-refractivity contribution in [3.63, 3.8) is 0 Å². The van der Waals surface area contributed by atoms with E-state index in [0.29, 0.717) is 23.5 Å². The molecule has 1 aromatic carbocycles. The Balaban J connectivity index is 2.14. The van der Waals surface area contributed by atoms with E-state index in [1.165, 1.54) is 6.20 Å². The normalized spacial score (nSPS) is 10.7. The lowest BCUT2D eigenvalue weighted by Crippen LogP contribution is -2.05. The topological polar surface area (TPSA) is 77.2 Å². The molecule has 0 aliphatic carbocycles. The van der Waals surface area contributed by atoms with Gasteiger partial charge in [0.15, 0.2) is 5.75 Å². The van der Waals surface area contributed by atoms with Crippen LogP contribution in [0.2, 0.25) is 0 Å². The largest absolute Gasteiger partial charge is 0.478 e. The Hall–Kier alpha value is -2.89. The molecule has 2 heterocycles. The van der Waals surface area contributed by atoms with Gasteiger partial charge in [-0.25, -0.2) is 9.78 Å². The van der Waals surface area contributed by atoms with Gasteiger partial charge in [0.05, 0.1) is 11.7 Å². The Bertz CT molecular complexity index is 811. The molecule has 1 N–H and O–H groups in total. The third kappa shape index (κ3) is 2.31. The molecule has 0 fully saturated rings. The monoisotopic (exact) mass is 283 g/mol. The number of benzene rings is 1. The number of aryl methyl sites for hydroxylation is 1. The Morgan fingerprint density at radius 1 is 1.33 bits per heavy atom. The van der Waals surface area contributed by atoms with Crippen molar-refractivity contribution < 1.29 is 14.6 Å². The number of aromatic nitrogens is 3. The average molecular weight is 283 g/mol. The molecule has 6 heteroatoms. The minimum atomic E-state index is -1.06. The lowest BCUT2D eigenvalue weighted by atomic mass is 10.1. The maximum atomic E-state index is 11.6. The number of ether oxygens (including phenoxy) is 1. The van der Waals surface area contributed by atoms with Crippen molar-refractivity contribution in [2.75, 3.05) is 0 Å². The van der Waals surface area contributed by atoms with Crippen molar-refractivity contribution in [1.82, 2.24) is 14.5 Å². The van der Waals surface area contributed by atoms with Gasteiger partial charge in [0, 0.05) is 24.3 Å². The summed E-state index contributed by atoms with van der Waals surface area (Å²) in [5.74, 6) is -0.875. The molecular weight excluding hydrogens is 270 g/mol. The highest BCUT2D eigenvalue weighted by molar-refractivity contribution is 6.04. The lowest BCUT2D eigenvalue weighted by Gasteiger charge is -2.10. The fraction of sp³-hybridized carbons (Fsp3) is 0.133. The van der Waals surface area contributed by atoms with Crippen molar-refractivity contribution in [2.45, 2.75) is 13.5 Å². The van der Waals surface area contributed by atoms with Crippen LogP contribution in [-0.4, -0.2) is 25.6 Å². The number of nitrogens with zero attached hydrogens (tertiary/aromatic N) is 3. The van der Waals surface area contributed by atoms with Crippen LogP contribution in [0.3, 0.4) is 0 Å². The molecule has 6 nitrogen and oxygen atoms in total. The van der Waals surface area contributed by atoms with Crippen LogP contribution in [0.15, 0.2) is 42.9 Å². The molecule has 3 aromatic rings. The minimum absolute atomic E-state index is 0.0891. The molecule has 3 rings (SSSR count). The second-order valence-electron chi connectivity index (χ2n) is 4.42. The third-order valence-corrected chi connectivity index (χ3v) is 3.17. The fourth-order valence-corrected chi connectivity index (χ4v) is 2.16.